The molecule has 1 aromatic rings. The van der Waals surface area contributed by atoms with Crippen LogP contribution in [-0.4, -0.2) is 31.2 Å². The van der Waals surface area contributed by atoms with Crippen LogP contribution in [0.15, 0.2) is 18.2 Å². The quantitative estimate of drug-likeness (QED) is 0.595. The summed E-state index contributed by atoms with van der Waals surface area (Å²) in [5.41, 5.74) is 1.90. The van der Waals surface area contributed by atoms with Crippen molar-refractivity contribution in [1.29, 1.82) is 0 Å². The van der Waals surface area contributed by atoms with Gasteiger partial charge in [0, 0.05) is 19.2 Å². The summed E-state index contributed by atoms with van der Waals surface area (Å²) in [6.07, 6.45) is 0.810. The van der Waals surface area contributed by atoms with Crippen LogP contribution in [0.1, 0.15) is 12.5 Å². The SMILES string of the molecule is CCc1ccc(N2CCOCC2)c([N+](=O)[O-])c1. The number of aryl methyl sites for hydroxylation is 1. The zero-order valence-corrected chi connectivity index (χ0v) is 9.89. The van der Waals surface area contributed by atoms with Gasteiger partial charge in [-0.3, -0.25) is 10.1 Å². The highest BCUT2D eigenvalue weighted by Crippen LogP contribution is 2.29. The first-order valence-corrected chi connectivity index (χ1v) is 5.82. The molecule has 0 N–H and O–H groups in total. The third-order valence-electron chi connectivity index (χ3n) is 3.00. The molecule has 5 heteroatoms. The molecule has 1 fully saturated rings. The predicted molar refractivity (Wildman–Crippen MR) is 65.5 cm³/mol. The number of anilines is 1. The summed E-state index contributed by atoms with van der Waals surface area (Å²) in [6, 6.07) is 5.48. The second-order valence-electron chi connectivity index (χ2n) is 4.03. The van der Waals surface area contributed by atoms with E-state index < -0.39 is 0 Å². The Balaban J connectivity index is 2.34. The van der Waals surface area contributed by atoms with E-state index in [0.717, 1.165) is 12.0 Å². The molecule has 17 heavy (non-hydrogen) atoms. The van der Waals surface area contributed by atoms with Crippen LogP contribution in [0, 0.1) is 10.1 Å². The molecule has 0 unspecified atom stereocenters. The number of nitro groups is 1. The van der Waals surface area contributed by atoms with Crippen LogP contribution in [0.2, 0.25) is 0 Å². The van der Waals surface area contributed by atoms with Crippen LogP contribution in [-0.2, 0) is 11.2 Å². The lowest BCUT2D eigenvalue weighted by Crippen LogP contribution is -2.36. The van der Waals surface area contributed by atoms with Gasteiger partial charge in [0.05, 0.1) is 18.1 Å². The molecule has 1 saturated heterocycles. The molecule has 0 amide bonds. The highest BCUT2D eigenvalue weighted by molar-refractivity contribution is 5.64. The fourth-order valence-electron chi connectivity index (χ4n) is 2.01. The average Bonchev–Trinajstić information content (AvgIpc) is 2.39. The van der Waals surface area contributed by atoms with E-state index in [-0.39, 0.29) is 10.6 Å². The van der Waals surface area contributed by atoms with Gasteiger partial charge in [-0.1, -0.05) is 13.0 Å². The lowest BCUT2D eigenvalue weighted by molar-refractivity contribution is -0.384. The van der Waals surface area contributed by atoms with Crippen LogP contribution in [0.3, 0.4) is 0 Å². The number of nitro benzene ring substituents is 1. The molecule has 1 aliphatic heterocycles. The van der Waals surface area contributed by atoms with E-state index in [2.05, 4.69) is 0 Å². The van der Waals surface area contributed by atoms with Gasteiger partial charge in [-0.05, 0) is 18.1 Å². The Morgan fingerprint density at radius 1 is 1.41 bits per heavy atom. The molecule has 0 radical (unpaired) electrons. The first kappa shape index (κ1) is 11.9. The number of morpholine rings is 1. The van der Waals surface area contributed by atoms with E-state index in [1.165, 1.54) is 0 Å². The minimum absolute atomic E-state index is 0.200. The Labute approximate surface area is 100 Å². The minimum Gasteiger partial charge on any atom is -0.378 e. The molecule has 1 aliphatic rings. The smallest absolute Gasteiger partial charge is 0.292 e. The fraction of sp³-hybridized carbons (Fsp3) is 0.500. The summed E-state index contributed by atoms with van der Waals surface area (Å²) in [7, 11) is 0. The Bertz CT molecular complexity index is 414. The van der Waals surface area contributed by atoms with Gasteiger partial charge in [0.2, 0.25) is 0 Å². The molecular weight excluding hydrogens is 220 g/mol. The highest BCUT2D eigenvalue weighted by Gasteiger charge is 2.21. The maximum Gasteiger partial charge on any atom is 0.292 e. The van der Waals surface area contributed by atoms with Gasteiger partial charge in [-0.2, -0.15) is 0 Å². The van der Waals surface area contributed by atoms with Crippen LogP contribution in [0.25, 0.3) is 0 Å². The Morgan fingerprint density at radius 2 is 2.12 bits per heavy atom. The van der Waals surface area contributed by atoms with Gasteiger partial charge >= 0.3 is 0 Å². The topological polar surface area (TPSA) is 55.6 Å². The van der Waals surface area contributed by atoms with Gasteiger partial charge in [-0.15, -0.1) is 0 Å². The number of nitrogens with zero attached hydrogens (tertiary/aromatic N) is 2. The number of ether oxygens (including phenoxy) is 1. The molecule has 1 aromatic carbocycles. The monoisotopic (exact) mass is 236 g/mol. The van der Waals surface area contributed by atoms with Crippen molar-refractivity contribution >= 4 is 11.4 Å². The highest BCUT2D eigenvalue weighted by atomic mass is 16.6. The molecular formula is C12H16N2O3. The van der Waals surface area contributed by atoms with Gasteiger partial charge in [0.25, 0.3) is 5.69 Å². The Morgan fingerprint density at radius 3 is 2.71 bits per heavy atom. The van der Waals surface area contributed by atoms with Crippen molar-refractivity contribution in [2.75, 3.05) is 31.2 Å². The fourth-order valence-corrected chi connectivity index (χ4v) is 2.01. The molecule has 0 aliphatic carbocycles. The van der Waals surface area contributed by atoms with Crippen LogP contribution < -0.4 is 4.90 Å². The van der Waals surface area contributed by atoms with Crippen LogP contribution in [0.5, 0.6) is 0 Å². The van der Waals surface area contributed by atoms with E-state index in [1.54, 1.807) is 6.07 Å². The van der Waals surface area contributed by atoms with Crippen molar-refractivity contribution in [3.05, 3.63) is 33.9 Å². The molecule has 0 atom stereocenters. The molecule has 2 rings (SSSR count). The minimum atomic E-state index is -0.302. The summed E-state index contributed by atoms with van der Waals surface area (Å²) >= 11 is 0. The van der Waals surface area contributed by atoms with Crippen molar-refractivity contribution in [3.63, 3.8) is 0 Å². The summed E-state index contributed by atoms with van der Waals surface area (Å²) in [4.78, 5) is 12.8. The molecule has 0 aromatic heterocycles. The average molecular weight is 236 g/mol. The van der Waals surface area contributed by atoms with E-state index in [0.29, 0.717) is 32.0 Å². The Hall–Kier alpha value is -1.62. The zero-order valence-electron chi connectivity index (χ0n) is 9.89. The second-order valence-corrected chi connectivity index (χ2v) is 4.03. The lowest BCUT2D eigenvalue weighted by atomic mass is 10.1. The van der Waals surface area contributed by atoms with Crippen molar-refractivity contribution in [1.82, 2.24) is 0 Å². The number of rotatable bonds is 3. The predicted octanol–water partition coefficient (Wildman–Crippen LogP) is 1.99. The molecule has 5 nitrogen and oxygen atoms in total. The first-order chi connectivity index (χ1) is 8.22. The van der Waals surface area contributed by atoms with Crippen molar-refractivity contribution in [3.8, 4) is 0 Å². The normalized spacial score (nSPS) is 15.9. The van der Waals surface area contributed by atoms with Crippen molar-refractivity contribution in [2.45, 2.75) is 13.3 Å². The van der Waals surface area contributed by atoms with Crippen LogP contribution >= 0.6 is 0 Å². The Kier molecular flexibility index (Phi) is 3.58. The standard InChI is InChI=1S/C12H16N2O3/c1-2-10-3-4-11(12(9-10)14(15)16)13-5-7-17-8-6-13/h3-4,9H,2,5-8H2,1H3. The molecule has 92 valence electrons. The van der Waals surface area contributed by atoms with Gasteiger partial charge < -0.3 is 9.64 Å². The third-order valence-corrected chi connectivity index (χ3v) is 3.00. The maximum absolute atomic E-state index is 11.1. The van der Waals surface area contributed by atoms with Crippen LogP contribution in [0.4, 0.5) is 11.4 Å². The summed E-state index contributed by atoms with van der Waals surface area (Å²) in [5.74, 6) is 0. The summed E-state index contributed by atoms with van der Waals surface area (Å²) in [6.45, 7) is 4.69. The number of hydrogen-bond donors (Lipinski definition) is 0. The van der Waals surface area contributed by atoms with E-state index in [9.17, 15) is 10.1 Å². The largest absolute Gasteiger partial charge is 0.378 e. The number of benzene rings is 1. The van der Waals surface area contributed by atoms with Crippen molar-refractivity contribution < 1.29 is 9.66 Å². The third kappa shape index (κ3) is 2.55. The van der Waals surface area contributed by atoms with E-state index in [4.69, 9.17) is 4.74 Å². The van der Waals surface area contributed by atoms with Crippen molar-refractivity contribution in [2.24, 2.45) is 0 Å². The van der Waals surface area contributed by atoms with Gasteiger partial charge in [0.15, 0.2) is 0 Å². The van der Waals surface area contributed by atoms with Gasteiger partial charge in [0.1, 0.15) is 5.69 Å². The maximum atomic E-state index is 11.1. The van der Waals surface area contributed by atoms with E-state index in [1.807, 2.05) is 24.0 Å². The summed E-state index contributed by atoms with van der Waals surface area (Å²) in [5, 5.41) is 11.1. The first-order valence-electron chi connectivity index (χ1n) is 5.82. The summed E-state index contributed by atoms with van der Waals surface area (Å²) < 4.78 is 5.25. The molecule has 0 spiro atoms. The molecule has 1 heterocycles. The lowest BCUT2D eigenvalue weighted by Gasteiger charge is -2.28. The zero-order chi connectivity index (χ0) is 12.3. The van der Waals surface area contributed by atoms with E-state index >= 15 is 0 Å². The number of hydrogen-bond acceptors (Lipinski definition) is 4. The molecule has 0 bridgehead atoms. The molecule has 0 saturated carbocycles. The van der Waals surface area contributed by atoms with Gasteiger partial charge in [-0.25, -0.2) is 0 Å². The second kappa shape index (κ2) is 5.14.